The van der Waals surface area contributed by atoms with E-state index in [0.717, 1.165) is 13.0 Å². The Morgan fingerprint density at radius 3 is 2.05 bits per heavy atom. The van der Waals surface area contributed by atoms with Crippen molar-refractivity contribution in [1.82, 2.24) is 4.90 Å². The highest BCUT2D eigenvalue weighted by molar-refractivity contribution is 7.90. The Bertz CT molecular complexity index is 438. The van der Waals surface area contributed by atoms with Gasteiger partial charge in [-0.25, -0.2) is 8.42 Å². The Morgan fingerprint density at radius 2 is 1.58 bits per heavy atom. The lowest BCUT2D eigenvalue weighted by molar-refractivity contribution is 0.358. The van der Waals surface area contributed by atoms with Crippen molar-refractivity contribution >= 4 is 9.84 Å². The summed E-state index contributed by atoms with van der Waals surface area (Å²) in [6.45, 7) is 7.56. The fourth-order valence-electron chi connectivity index (χ4n) is 1.51. The summed E-state index contributed by atoms with van der Waals surface area (Å²) >= 11 is 0. The Balaban J connectivity index is 0.00000154. The quantitative estimate of drug-likeness (QED) is 0.806. The van der Waals surface area contributed by atoms with Gasteiger partial charge in [-0.1, -0.05) is 43.7 Å². The van der Waals surface area contributed by atoms with Crippen LogP contribution in [0.5, 0.6) is 0 Å². The predicted octanol–water partition coefficient (Wildman–Crippen LogP) is 2.54. The number of likely N-dealkylation sites (N-methyl/N-ethyl adjacent to an activating group) is 1. The van der Waals surface area contributed by atoms with Gasteiger partial charge in [0.05, 0.1) is 5.75 Å². The number of rotatable bonds is 6. The van der Waals surface area contributed by atoms with E-state index >= 15 is 0 Å². The maximum absolute atomic E-state index is 11.0. The standard InChI is InChI=1S/C13H21NO2S.C2H6/c1-12-4-6-13(7-5-12)8-9-14(2)10-11-17(3,15)16;1-2/h4-7H,8-11H2,1-3H3;1-2H3. The molecule has 0 heterocycles. The highest BCUT2D eigenvalue weighted by atomic mass is 32.2. The molecule has 19 heavy (non-hydrogen) atoms. The summed E-state index contributed by atoms with van der Waals surface area (Å²) in [5.74, 6) is 0.234. The predicted molar refractivity (Wildman–Crippen MR) is 83.4 cm³/mol. The number of hydrogen-bond donors (Lipinski definition) is 0. The molecular formula is C15H27NO2S. The third kappa shape index (κ3) is 9.68. The summed E-state index contributed by atoms with van der Waals surface area (Å²) in [7, 11) is -0.892. The average Bonchev–Trinajstić information content (AvgIpc) is 2.37. The first-order chi connectivity index (χ1) is 8.87. The number of hydrogen-bond acceptors (Lipinski definition) is 3. The minimum atomic E-state index is -2.85. The summed E-state index contributed by atoms with van der Waals surface area (Å²) in [5, 5.41) is 0. The number of sulfone groups is 1. The van der Waals surface area contributed by atoms with Crippen LogP contribution in [0.2, 0.25) is 0 Å². The van der Waals surface area contributed by atoms with Gasteiger partial charge in [-0.3, -0.25) is 0 Å². The maximum Gasteiger partial charge on any atom is 0.148 e. The molecule has 0 unspecified atom stereocenters. The Kier molecular flexibility index (Phi) is 8.68. The molecule has 0 atom stereocenters. The molecule has 0 aliphatic heterocycles. The second-order valence-electron chi connectivity index (χ2n) is 4.67. The molecule has 0 fully saturated rings. The van der Waals surface area contributed by atoms with E-state index in [0.29, 0.717) is 6.54 Å². The topological polar surface area (TPSA) is 37.4 Å². The zero-order valence-corrected chi connectivity index (χ0v) is 13.6. The maximum atomic E-state index is 11.0. The van der Waals surface area contributed by atoms with E-state index in [1.165, 1.54) is 17.4 Å². The number of aryl methyl sites for hydroxylation is 1. The Hall–Kier alpha value is -0.870. The molecule has 0 bridgehead atoms. The number of nitrogens with zero attached hydrogens (tertiary/aromatic N) is 1. The summed E-state index contributed by atoms with van der Waals surface area (Å²) in [5.41, 5.74) is 2.56. The lowest BCUT2D eigenvalue weighted by Crippen LogP contribution is -2.27. The normalized spacial score (nSPS) is 11.1. The monoisotopic (exact) mass is 285 g/mol. The summed E-state index contributed by atoms with van der Waals surface area (Å²) < 4.78 is 22.0. The van der Waals surface area contributed by atoms with Gasteiger partial charge < -0.3 is 4.90 Å². The molecule has 0 radical (unpaired) electrons. The van der Waals surface area contributed by atoms with Gasteiger partial charge in [0.25, 0.3) is 0 Å². The summed E-state index contributed by atoms with van der Waals surface area (Å²) in [6, 6.07) is 8.46. The minimum Gasteiger partial charge on any atom is -0.305 e. The van der Waals surface area contributed by atoms with Gasteiger partial charge in [-0.05, 0) is 26.0 Å². The molecule has 1 rings (SSSR count). The molecule has 1 aromatic rings. The molecular weight excluding hydrogens is 258 g/mol. The number of benzene rings is 1. The third-order valence-electron chi connectivity index (χ3n) is 2.75. The zero-order chi connectivity index (χ0) is 14.9. The van der Waals surface area contributed by atoms with Crippen LogP contribution >= 0.6 is 0 Å². The van der Waals surface area contributed by atoms with Gasteiger partial charge in [0.15, 0.2) is 0 Å². The smallest absolute Gasteiger partial charge is 0.148 e. The van der Waals surface area contributed by atoms with Crippen LogP contribution in [0, 0.1) is 6.92 Å². The van der Waals surface area contributed by atoms with Crippen LogP contribution in [0.1, 0.15) is 25.0 Å². The molecule has 0 saturated heterocycles. The van der Waals surface area contributed by atoms with Gasteiger partial charge in [0.2, 0.25) is 0 Å². The molecule has 0 amide bonds. The summed E-state index contributed by atoms with van der Waals surface area (Å²) in [4.78, 5) is 2.06. The first-order valence-electron chi connectivity index (χ1n) is 6.78. The van der Waals surface area contributed by atoms with Crippen molar-refractivity contribution in [3.05, 3.63) is 35.4 Å². The van der Waals surface area contributed by atoms with E-state index in [2.05, 4.69) is 36.1 Å². The summed E-state index contributed by atoms with van der Waals surface area (Å²) in [6.07, 6.45) is 2.24. The van der Waals surface area contributed by atoms with Crippen LogP contribution in [-0.2, 0) is 16.3 Å². The van der Waals surface area contributed by atoms with Gasteiger partial charge >= 0.3 is 0 Å². The zero-order valence-electron chi connectivity index (χ0n) is 12.8. The fourth-order valence-corrected chi connectivity index (χ4v) is 2.15. The first-order valence-corrected chi connectivity index (χ1v) is 8.85. The van der Waals surface area contributed by atoms with Crippen molar-refractivity contribution in [2.45, 2.75) is 27.2 Å². The van der Waals surface area contributed by atoms with E-state index < -0.39 is 9.84 Å². The first kappa shape index (κ1) is 18.1. The molecule has 0 saturated carbocycles. The van der Waals surface area contributed by atoms with Gasteiger partial charge in [-0.2, -0.15) is 0 Å². The van der Waals surface area contributed by atoms with Crippen molar-refractivity contribution in [1.29, 1.82) is 0 Å². The minimum absolute atomic E-state index is 0.234. The largest absolute Gasteiger partial charge is 0.305 e. The molecule has 0 N–H and O–H groups in total. The Morgan fingerprint density at radius 1 is 1.05 bits per heavy atom. The highest BCUT2D eigenvalue weighted by Gasteiger charge is 2.05. The van der Waals surface area contributed by atoms with E-state index in [9.17, 15) is 8.42 Å². The molecule has 3 nitrogen and oxygen atoms in total. The SMILES string of the molecule is CC.Cc1ccc(CCN(C)CCS(C)(=O)=O)cc1. The fraction of sp³-hybridized carbons (Fsp3) is 0.600. The van der Waals surface area contributed by atoms with Gasteiger partial charge in [-0.15, -0.1) is 0 Å². The van der Waals surface area contributed by atoms with Crippen LogP contribution in [0.4, 0.5) is 0 Å². The average molecular weight is 285 g/mol. The van der Waals surface area contributed by atoms with Crippen LogP contribution in [0.3, 0.4) is 0 Å². The van der Waals surface area contributed by atoms with Crippen LogP contribution in [0.25, 0.3) is 0 Å². The molecule has 0 spiro atoms. The lowest BCUT2D eigenvalue weighted by atomic mass is 10.1. The van der Waals surface area contributed by atoms with Crippen LogP contribution in [0.15, 0.2) is 24.3 Å². The van der Waals surface area contributed by atoms with Crippen molar-refractivity contribution in [3.63, 3.8) is 0 Å². The van der Waals surface area contributed by atoms with Crippen LogP contribution < -0.4 is 0 Å². The van der Waals surface area contributed by atoms with Gasteiger partial charge in [0, 0.05) is 19.3 Å². The van der Waals surface area contributed by atoms with Gasteiger partial charge in [0.1, 0.15) is 9.84 Å². The van der Waals surface area contributed by atoms with Crippen molar-refractivity contribution in [2.24, 2.45) is 0 Å². The Labute approximate surface area is 118 Å². The van der Waals surface area contributed by atoms with E-state index in [1.807, 2.05) is 20.9 Å². The molecule has 0 aromatic heterocycles. The van der Waals surface area contributed by atoms with Crippen molar-refractivity contribution < 1.29 is 8.42 Å². The van der Waals surface area contributed by atoms with Crippen molar-refractivity contribution in [3.8, 4) is 0 Å². The van der Waals surface area contributed by atoms with E-state index in [-0.39, 0.29) is 5.75 Å². The molecule has 0 aliphatic rings. The lowest BCUT2D eigenvalue weighted by Gasteiger charge is -2.15. The van der Waals surface area contributed by atoms with Crippen LogP contribution in [-0.4, -0.2) is 45.5 Å². The third-order valence-corrected chi connectivity index (χ3v) is 3.67. The van der Waals surface area contributed by atoms with E-state index in [4.69, 9.17) is 0 Å². The second-order valence-corrected chi connectivity index (χ2v) is 6.93. The van der Waals surface area contributed by atoms with Crippen molar-refractivity contribution in [2.75, 3.05) is 32.1 Å². The van der Waals surface area contributed by atoms with E-state index in [1.54, 1.807) is 0 Å². The molecule has 4 heteroatoms. The highest BCUT2D eigenvalue weighted by Crippen LogP contribution is 2.04. The molecule has 0 aliphatic carbocycles. The second kappa shape index (κ2) is 9.10. The molecule has 110 valence electrons. The molecule has 1 aromatic carbocycles.